The van der Waals surface area contributed by atoms with E-state index in [1.165, 1.54) is 5.56 Å². The Kier molecular flexibility index (Phi) is 5.70. The van der Waals surface area contributed by atoms with E-state index in [4.69, 9.17) is 21.1 Å². The Labute approximate surface area is 126 Å². The molecule has 1 aliphatic rings. The van der Waals surface area contributed by atoms with Crippen molar-refractivity contribution in [3.05, 3.63) is 28.3 Å². The second kappa shape index (κ2) is 7.30. The molecule has 1 aromatic rings. The van der Waals surface area contributed by atoms with Crippen LogP contribution >= 0.6 is 11.6 Å². The summed E-state index contributed by atoms with van der Waals surface area (Å²) in [6, 6.07) is 4.34. The molecule has 1 unspecified atom stereocenters. The lowest BCUT2D eigenvalue weighted by molar-refractivity contribution is 0.107. The van der Waals surface area contributed by atoms with Crippen molar-refractivity contribution in [2.45, 2.75) is 39.8 Å². The van der Waals surface area contributed by atoms with Crippen molar-refractivity contribution in [1.82, 2.24) is 5.32 Å². The maximum atomic E-state index is 6.18. The van der Waals surface area contributed by atoms with E-state index in [0.29, 0.717) is 12.0 Å². The molecule has 0 spiro atoms. The largest absolute Gasteiger partial charge is 0.493 e. The number of hydrogen-bond acceptors (Lipinski definition) is 3. The number of benzene rings is 1. The van der Waals surface area contributed by atoms with Gasteiger partial charge < -0.3 is 14.8 Å². The van der Waals surface area contributed by atoms with E-state index in [2.05, 4.69) is 19.2 Å². The number of fused-ring (bicyclic) bond motifs is 1. The molecule has 0 bridgehead atoms. The van der Waals surface area contributed by atoms with Gasteiger partial charge in [-0.05, 0) is 30.5 Å². The van der Waals surface area contributed by atoms with Crippen LogP contribution in [-0.4, -0.2) is 25.9 Å². The number of rotatable bonds is 7. The highest BCUT2D eigenvalue weighted by molar-refractivity contribution is 6.30. The zero-order chi connectivity index (χ0) is 14.5. The Balaban J connectivity index is 2.02. The van der Waals surface area contributed by atoms with Crippen molar-refractivity contribution in [3.8, 4) is 5.75 Å². The van der Waals surface area contributed by atoms with Crippen LogP contribution in [0.4, 0.5) is 0 Å². The minimum Gasteiger partial charge on any atom is -0.493 e. The second-order valence-electron chi connectivity index (χ2n) is 5.54. The van der Waals surface area contributed by atoms with Crippen molar-refractivity contribution in [2.75, 3.05) is 19.8 Å². The molecular formula is C16H24ClNO2. The SMILES string of the molecule is CCOCC(NCc1cc(Cl)cc2c1OCC2)C(C)C. The Morgan fingerprint density at radius 3 is 2.90 bits per heavy atom. The summed E-state index contributed by atoms with van der Waals surface area (Å²) in [5.41, 5.74) is 2.37. The van der Waals surface area contributed by atoms with Gasteiger partial charge in [0.15, 0.2) is 0 Å². The van der Waals surface area contributed by atoms with Gasteiger partial charge in [-0.3, -0.25) is 0 Å². The summed E-state index contributed by atoms with van der Waals surface area (Å²) in [5, 5.41) is 4.35. The fourth-order valence-corrected chi connectivity index (χ4v) is 2.71. The molecule has 0 saturated carbocycles. The predicted octanol–water partition coefficient (Wildman–Crippen LogP) is 3.43. The molecule has 1 heterocycles. The molecule has 0 amide bonds. The third kappa shape index (κ3) is 3.87. The summed E-state index contributed by atoms with van der Waals surface area (Å²) in [6.45, 7) is 9.44. The lowest BCUT2D eigenvalue weighted by Gasteiger charge is -2.23. The second-order valence-corrected chi connectivity index (χ2v) is 5.98. The summed E-state index contributed by atoms with van der Waals surface area (Å²) >= 11 is 6.18. The Morgan fingerprint density at radius 1 is 1.40 bits per heavy atom. The fourth-order valence-electron chi connectivity index (χ4n) is 2.45. The lowest BCUT2D eigenvalue weighted by atomic mass is 10.0. The fraction of sp³-hybridized carbons (Fsp3) is 0.625. The van der Waals surface area contributed by atoms with E-state index in [1.807, 2.05) is 19.1 Å². The minimum absolute atomic E-state index is 0.339. The first kappa shape index (κ1) is 15.6. The van der Waals surface area contributed by atoms with Crippen LogP contribution in [0.5, 0.6) is 5.75 Å². The van der Waals surface area contributed by atoms with Gasteiger partial charge >= 0.3 is 0 Å². The van der Waals surface area contributed by atoms with Crippen molar-refractivity contribution in [2.24, 2.45) is 5.92 Å². The number of nitrogens with one attached hydrogen (secondary N) is 1. The highest BCUT2D eigenvalue weighted by Gasteiger charge is 2.19. The molecule has 20 heavy (non-hydrogen) atoms. The van der Waals surface area contributed by atoms with Gasteiger partial charge in [0, 0.05) is 36.2 Å². The Hall–Kier alpha value is -0.770. The molecule has 2 rings (SSSR count). The molecule has 0 saturated heterocycles. The standard InChI is InChI=1S/C16H24ClNO2/c1-4-19-10-15(11(2)3)18-9-13-8-14(17)7-12-5-6-20-16(12)13/h7-8,11,15,18H,4-6,9-10H2,1-3H3. The maximum Gasteiger partial charge on any atom is 0.127 e. The van der Waals surface area contributed by atoms with Gasteiger partial charge in [0.05, 0.1) is 13.2 Å². The maximum absolute atomic E-state index is 6.18. The molecule has 0 fully saturated rings. The van der Waals surface area contributed by atoms with E-state index in [9.17, 15) is 0 Å². The summed E-state index contributed by atoms with van der Waals surface area (Å²) < 4.78 is 11.3. The van der Waals surface area contributed by atoms with Crippen molar-refractivity contribution >= 4 is 11.6 Å². The van der Waals surface area contributed by atoms with Gasteiger partial charge in [0.1, 0.15) is 5.75 Å². The molecule has 1 aliphatic heterocycles. The van der Waals surface area contributed by atoms with E-state index in [0.717, 1.165) is 49.1 Å². The van der Waals surface area contributed by atoms with Gasteiger partial charge in [0.2, 0.25) is 0 Å². The first-order chi connectivity index (χ1) is 9.61. The van der Waals surface area contributed by atoms with E-state index in [1.54, 1.807) is 0 Å². The van der Waals surface area contributed by atoms with Crippen molar-refractivity contribution in [3.63, 3.8) is 0 Å². The minimum atomic E-state index is 0.339. The van der Waals surface area contributed by atoms with Crippen LogP contribution in [0, 0.1) is 5.92 Å². The topological polar surface area (TPSA) is 30.5 Å². The number of ether oxygens (including phenoxy) is 2. The van der Waals surface area contributed by atoms with E-state index in [-0.39, 0.29) is 0 Å². The summed E-state index contributed by atoms with van der Waals surface area (Å²) in [6.07, 6.45) is 0.954. The molecule has 4 heteroatoms. The van der Waals surface area contributed by atoms with Crippen LogP contribution < -0.4 is 10.1 Å². The lowest BCUT2D eigenvalue weighted by Crippen LogP contribution is -2.37. The Bertz CT molecular complexity index is 448. The average molecular weight is 298 g/mol. The highest BCUT2D eigenvalue weighted by atomic mass is 35.5. The molecule has 1 N–H and O–H groups in total. The third-order valence-electron chi connectivity index (χ3n) is 3.69. The van der Waals surface area contributed by atoms with Crippen LogP contribution in [0.15, 0.2) is 12.1 Å². The van der Waals surface area contributed by atoms with E-state index >= 15 is 0 Å². The van der Waals surface area contributed by atoms with Gasteiger partial charge in [0.25, 0.3) is 0 Å². The smallest absolute Gasteiger partial charge is 0.127 e. The Morgan fingerprint density at radius 2 is 2.20 bits per heavy atom. The van der Waals surface area contributed by atoms with Gasteiger partial charge in [-0.2, -0.15) is 0 Å². The van der Waals surface area contributed by atoms with Crippen LogP contribution in [0.1, 0.15) is 31.9 Å². The van der Waals surface area contributed by atoms with Gasteiger partial charge in [-0.15, -0.1) is 0 Å². The zero-order valence-electron chi connectivity index (χ0n) is 12.5. The van der Waals surface area contributed by atoms with Crippen molar-refractivity contribution < 1.29 is 9.47 Å². The van der Waals surface area contributed by atoms with Gasteiger partial charge in [-0.1, -0.05) is 25.4 Å². The number of hydrogen-bond donors (Lipinski definition) is 1. The molecule has 1 atom stereocenters. The molecule has 0 radical (unpaired) electrons. The normalized spacial score (nSPS) is 15.2. The summed E-state index contributed by atoms with van der Waals surface area (Å²) in [4.78, 5) is 0. The number of halogens is 1. The van der Waals surface area contributed by atoms with Gasteiger partial charge in [-0.25, -0.2) is 0 Å². The molecule has 112 valence electrons. The molecular weight excluding hydrogens is 274 g/mol. The molecule has 1 aromatic carbocycles. The first-order valence-corrected chi connectivity index (χ1v) is 7.74. The summed E-state index contributed by atoms with van der Waals surface area (Å²) in [7, 11) is 0. The van der Waals surface area contributed by atoms with Crippen LogP contribution in [0.25, 0.3) is 0 Å². The van der Waals surface area contributed by atoms with Crippen molar-refractivity contribution in [1.29, 1.82) is 0 Å². The summed E-state index contributed by atoms with van der Waals surface area (Å²) in [5.74, 6) is 1.54. The highest BCUT2D eigenvalue weighted by Crippen LogP contribution is 2.32. The molecule has 0 aliphatic carbocycles. The molecule has 0 aromatic heterocycles. The first-order valence-electron chi connectivity index (χ1n) is 7.37. The van der Waals surface area contributed by atoms with E-state index < -0.39 is 0 Å². The predicted molar refractivity (Wildman–Crippen MR) is 82.6 cm³/mol. The van der Waals surface area contributed by atoms with Crippen LogP contribution in [0.2, 0.25) is 5.02 Å². The third-order valence-corrected chi connectivity index (χ3v) is 3.90. The van der Waals surface area contributed by atoms with Crippen LogP contribution in [0.3, 0.4) is 0 Å². The zero-order valence-corrected chi connectivity index (χ0v) is 13.3. The molecule has 3 nitrogen and oxygen atoms in total. The van der Waals surface area contributed by atoms with Crippen LogP contribution in [-0.2, 0) is 17.7 Å². The quantitative estimate of drug-likeness (QED) is 0.836. The average Bonchev–Trinajstić information content (AvgIpc) is 2.86. The monoisotopic (exact) mass is 297 g/mol.